The normalized spacial score (nSPS) is 12.6. The Morgan fingerprint density at radius 2 is 1.90 bits per heavy atom. The second-order valence-electron chi connectivity index (χ2n) is 5.83. The molecular formula is C17H22N2O2. The molecule has 0 aliphatic carbocycles. The number of hydrogen-bond donors (Lipinski definition) is 1. The highest BCUT2D eigenvalue weighted by Crippen LogP contribution is 2.19. The van der Waals surface area contributed by atoms with Gasteiger partial charge in [-0.1, -0.05) is 32.0 Å². The van der Waals surface area contributed by atoms with E-state index in [0.29, 0.717) is 0 Å². The molecule has 1 N–H and O–H groups in total. The highest BCUT2D eigenvalue weighted by Gasteiger charge is 2.21. The molecule has 112 valence electrons. The molecule has 2 rings (SSSR count). The lowest BCUT2D eigenvalue weighted by Gasteiger charge is -2.20. The summed E-state index contributed by atoms with van der Waals surface area (Å²) < 4.78 is 1.97. The first kappa shape index (κ1) is 15.3. The molecule has 1 unspecified atom stereocenters. The van der Waals surface area contributed by atoms with E-state index < -0.39 is 6.04 Å². The number of Topliss-reactive ketones (excluding diaryl/α,β-unsaturated/α-hetero) is 1. The van der Waals surface area contributed by atoms with Crippen LogP contribution in [0.3, 0.4) is 0 Å². The van der Waals surface area contributed by atoms with E-state index in [0.717, 1.165) is 16.6 Å². The van der Waals surface area contributed by atoms with Gasteiger partial charge in [0.25, 0.3) is 0 Å². The quantitative estimate of drug-likeness (QED) is 0.918. The number of benzene rings is 1. The minimum atomic E-state index is -0.417. The van der Waals surface area contributed by atoms with Crippen LogP contribution in [-0.2, 0) is 16.1 Å². The number of carbonyl (C=O) groups excluding carboxylic acids is 2. The lowest BCUT2D eigenvalue weighted by Crippen LogP contribution is -2.44. The zero-order valence-electron chi connectivity index (χ0n) is 13.0. The van der Waals surface area contributed by atoms with Gasteiger partial charge in [0.2, 0.25) is 5.91 Å². The van der Waals surface area contributed by atoms with Crippen molar-refractivity contribution in [2.45, 2.75) is 40.3 Å². The van der Waals surface area contributed by atoms with Crippen molar-refractivity contribution in [1.29, 1.82) is 0 Å². The largest absolute Gasteiger partial charge is 0.344 e. The number of para-hydroxylation sites is 1. The summed E-state index contributed by atoms with van der Waals surface area (Å²) in [5.74, 6) is -0.0465. The number of amides is 1. The van der Waals surface area contributed by atoms with E-state index in [9.17, 15) is 9.59 Å². The van der Waals surface area contributed by atoms with E-state index in [1.807, 2.05) is 49.6 Å². The summed E-state index contributed by atoms with van der Waals surface area (Å²) in [4.78, 5) is 23.8. The molecule has 1 atom stereocenters. The molecule has 0 bridgehead atoms. The Balaban J connectivity index is 2.18. The summed E-state index contributed by atoms with van der Waals surface area (Å²) in [7, 11) is 0. The SMILES string of the molecule is CC(=O)C(NC(=O)Cn1c(C)cc2ccccc21)C(C)C. The Labute approximate surface area is 125 Å². The number of fused-ring (bicyclic) bond motifs is 1. The number of nitrogens with one attached hydrogen (secondary N) is 1. The van der Waals surface area contributed by atoms with Crippen molar-refractivity contribution in [1.82, 2.24) is 9.88 Å². The molecular weight excluding hydrogens is 264 g/mol. The Bertz CT molecular complexity index is 670. The van der Waals surface area contributed by atoms with Gasteiger partial charge in [0.1, 0.15) is 6.54 Å². The van der Waals surface area contributed by atoms with Gasteiger partial charge in [0.15, 0.2) is 5.78 Å². The van der Waals surface area contributed by atoms with Crippen LogP contribution >= 0.6 is 0 Å². The summed E-state index contributed by atoms with van der Waals surface area (Å²) in [6.45, 7) is 7.60. The van der Waals surface area contributed by atoms with Crippen molar-refractivity contribution in [3.8, 4) is 0 Å². The van der Waals surface area contributed by atoms with Crippen LogP contribution in [-0.4, -0.2) is 22.3 Å². The molecule has 0 radical (unpaired) electrons. The van der Waals surface area contributed by atoms with Gasteiger partial charge in [0.05, 0.1) is 6.04 Å². The van der Waals surface area contributed by atoms with Gasteiger partial charge in [-0.25, -0.2) is 0 Å². The highest BCUT2D eigenvalue weighted by molar-refractivity contribution is 5.89. The van der Waals surface area contributed by atoms with Gasteiger partial charge in [-0.15, -0.1) is 0 Å². The van der Waals surface area contributed by atoms with E-state index in [2.05, 4.69) is 11.4 Å². The van der Waals surface area contributed by atoms with Crippen LogP contribution in [0.25, 0.3) is 10.9 Å². The zero-order chi connectivity index (χ0) is 15.6. The number of rotatable bonds is 5. The summed E-state index contributed by atoms with van der Waals surface area (Å²) in [6, 6.07) is 9.62. The molecule has 4 heteroatoms. The number of ketones is 1. The van der Waals surface area contributed by atoms with Crippen LogP contribution in [0, 0.1) is 12.8 Å². The third kappa shape index (κ3) is 3.32. The van der Waals surface area contributed by atoms with Crippen molar-refractivity contribution in [3.63, 3.8) is 0 Å². The van der Waals surface area contributed by atoms with Crippen LogP contribution in [0.1, 0.15) is 26.5 Å². The van der Waals surface area contributed by atoms with E-state index >= 15 is 0 Å². The van der Waals surface area contributed by atoms with E-state index in [4.69, 9.17) is 0 Å². The van der Waals surface area contributed by atoms with Crippen LogP contribution in [0.15, 0.2) is 30.3 Å². The molecule has 21 heavy (non-hydrogen) atoms. The fourth-order valence-electron chi connectivity index (χ4n) is 2.66. The van der Waals surface area contributed by atoms with Gasteiger partial charge < -0.3 is 9.88 Å². The fraction of sp³-hybridized carbons (Fsp3) is 0.412. The van der Waals surface area contributed by atoms with Gasteiger partial charge in [-0.3, -0.25) is 9.59 Å². The Hall–Kier alpha value is -2.10. The molecule has 1 amide bonds. The van der Waals surface area contributed by atoms with Crippen LogP contribution in [0.5, 0.6) is 0 Å². The number of aromatic nitrogens is 1. The minimum Gasteiger partial charge on any atom is -0.344 e. The molecule has 1 aromatic carbocycles. The molecule has 2 aromatic rings. The van der Waals surface area contributed by atoms with E-state index in [1.54, 1.807) is 0 Å². The molecule has 0 spiro atoms. The maximum atomic E-state index is 12.2. The lowest BCUT2D eigenvalue weighted by atomic mass is 10.0. The average molecular weight is 286 g/mol. The summed E-state index contributed by atoms with van der Waals surface area (Å²) in [6.07, 6.45) is 0. The number of aryl methyl sites for hydroxylation is 1. The van der Waals surface area contributed by atoms with Crippen molar-refractivity contribution in [3.05, 3.63) is 36.0 Å². The third-order valence-electron chi connectivity index (χ3n) is 3.74. The van der Waals surface area contributed by atoms with Gasteiger partial charge in [0, 0.05) is 11.2 Å². The topological polar surface area (TPSA) is 51.1 Å². The second kappa shape index (κ2) is 6.12. The molecule has 0 aliphatic heterocycles. The van der Waals surface area contributed by atoms with Crippen molar-refractivity contribution in [2.75, 3.05) is 0 Å². The Kier molecular flexibility index (Phi) is 4.46. The lowest BCUT2D eigenvalue weighted by molar-refractivity contribution is -0.128. The molecule has 0 aliphatic rings. The van der Waals surface area contributed by atoms with Gasteiger partial charge in [-0.05, 0) is 37.3 Å². The summed E-state index contributed by atoms with van der Waals surface area (Å²) in [5.41, 5.74) is 2.07. The van der Waals surface area contributed by atoms with Crippen LogP contribution in [0.2, 0.25) is 0 Å². The zero-order valence-corrected chi connectivity index (χ0v) is 13.0. The number of carbonyl (C=O) groups is 2. The highest BCUT2D eigenvalue weighted by atomic mass is 16.2. The van der Waals surface area contributed by atoms with E-state index in [1.165, 1.54) is 6.92 Å². The van der Waals surface area contributed by atoms with Crippen LogP contribution < -0.4 is 5.32 Å². The predicted octanol–water partition coefficient (Wildman–Crippen LogP) is 2.68. The molecule has 0 fully saturated rings. The van der Waals surface area contributed by atoms with E-state index in [-0.39, 0.29) is 24.2 Å². The molecule has 1 heterocycles. The van der Waals surface area contributed by atoms with Crippen molar-refractivity contribution < 1.29 is 9.59 Å². The smallest absolute Gasteiger partial charge is 0.240 e. The summed E-state index contributed by atoms with van der Waals surface area (Å²) in [5, 5.41) is 3.96. The first-order chi connectivity index (χ1) is 9.90. The maximum absolute atomic E-state index is 12.2. The third-order valence-corrected chi connectivity index (χ3v) is 3.74. The maximum Gasteiger partial charge on any atom is 0.240 e. The van der Waals surface area contributed by atoms with Gasteiger partial charge in [-0.2, -0.15) is 0 Å². The van der Waals surface area contributed by atoms with Crippen LogP contribution in [0.4, 0.5) is 0 Å². The average Bonchev–Trinajstić information content (AvgIpc) is 2.72. The first-order valence-electron chi connectivity index (χ1n) is 7.25. The van der Waals surface area contributed by atoms with Crippen molar-refractivity contribution >= 4 is 22.6 Å². The fourth-order valence-corrected chi connectivity index (χ4v) is 2.66. The standard InChI is InChI=1S/C17H22N2O2/c1-11(2)17(13(4)20)18-16(21)10-19-12(3)9-14-7-5-6-8-15(14)19/h5-9,11,17H,10H2,1-4H3,(H,18,21). The Morgan fingerprint density at radius 1 is 1.24 bits per heavy atom. The Morgan fingerprint density at radius 3 is 2.52 bits per heavy atom. The predicted molar refractivity (Wildman–Crippen MR) is 84.1 cm³/mol. The molecule has 1 aromatic heterocycles. The number of hydrogen-bond acceptors (Lipinski definition) is 2. The molecule has 0 saturated heterocycles. The minimum absolute atomic E-state index is 0.00700. The summed E-state index contributed by atoms with van der Waals surface area (Å²) >= 11 is 0. The monoisotopic (exact) mass is 286 g/mol. The molecule has 4 nitrogen and oxygen atoms in total. The second-order valence-corrected chi connectivity index (χ2v) is 5.83. The first-order valence-corrected chi connectivity index (χ1v) is 7.25. The van der Waals surface area contributed by atoms with Crippen molar-refractivity contribution in [2.24, 2.45) is 5.92 Å². The molecule has 0 saturated carbocycles. The number of nitrogens with zero attached hydrogens (tertiary/aromatic N) is 1. The van der Waals surface area contributed by atoms with Gasteiger partial charge >= 0.3 is 0 Å².